The van der Waals surface area contributed by atoms with Crippen LogP contribution < -0.4 is 15.8 Å². The van der Waals surface area contributed by atoms with E-state index in [0.29, 0.717) is 26.1 Å². The molecule has 1 saturated heterocycles. The zero-order valence-corrected chi connectivity index (χ0v) is 16.0. The molecule has 1 fully saturated rings. The Balaban J connectivity index is 1.57. The molecule has 26 heavy (non-hydrogen) atoms. The largest absolute Gasteiger partial charge is 0.494 e. The Kier molecular flexibility index (Phi) is 10.1. The van der Waals surface area contributed by atoms with Gasteiger partial charge in [-0.3, -0.25) is 9.69 Å². The second-order valence-electron chi connectivity index (χ2n) is 7.14. The third-order valence-corrected chi connectivity index (χ3v) is 4.77. The van der Waals surface area contributed by atoms with Crippen LogP contribution in [-0.4, -0.2) is 43.6 Å². The molecule has 0 spiro atoms. The first-order chi connectivity index (χ1) is 12.8. The van der Waals surface area contributed by atoms with Gasteiger partial charge in [-0.05, 0) is 69.4 Å². The van der Waals surface area contributed by atoms with Gasteiger partial charge in [0.15, 0.2) is 0 Å². The summed E-state index contributed by atoms with van der Waals surface area (Å²) in [6.45, 7) is 5.42. The van der Waals surface area contributed by atoms with Gasteiger partial charge in [0.05, 0.1) is 6.61 Å². The number of hydrogen-bond acceptors (Lipinski definition) is 4. The summed E-state index contributed by atoms with van der Waals surface area (Å²) in [5.74, 6) is 1.05. The summed E-state index contributed by atoms with van der Waals surface area (Å²) in [5.41, 5.74) is 6.76. The highest BCUT2D eigenvalue weighted by molar-refractivity contribution is 5.75. The van der Waals surface area contributed by atoms with Crippen molar-refractivity contribution < 1.29 is 9.53 Å². The number of carbonyl (C=O) groups excluding carboxylic acids is 1. The lowest BCUT2D eigenvalue weighted by Gasteiger charge is -2.26. The number of benzene rings is 1. The Morgan fingerprint density at radius 3 is 2.77 bits per heavy atom. The topological polar surface area (TPSA) is 67.6 Å². The summed E-state index contributed by atoms with van der Waals surface area (Å²) in [7, 11) is 0. The molecule has 146 valence electrons. The molecule has 3 N–H and O–H groups in total. The summed E-state index contributed by atoms with van der Waals surface area (Å²) in [5, 5.41) is 2.95. The molecule has 0 saturated carbocycles. The number of nitrogens with zero attached hydrogens (tertiary/aromatic N) is 1. The maximum Gasteiger partial charge on any atom is 0.219 e. The highest BCUT2D eigenvalue weighted by atomic mass is 16.5. The third kappa shape index (κ3) is 8.68. The van der Waals surface area contributed by atoms with E-state index in [4.69, 9.17) is 10.5 Å². The van der Waals surface area contributed by atoms with Crippen LogP contribution in [0.25, 0.3) is 0 Å². The molecule has 1 aromatic rings. The summed E-state index contributed by atoms with van der Waals surface area (Å²) in [6.07, 6.45) is 8.36. The van der Waals surface area contributed by atoms with Gasteiger partial charge in [-0.25, -0.2) is 0 Å². The normalized spacial score (nSPS) is 15.0. The molecule has 0 bridgehead atoms. The standard InChI is InChI=1S/C21H35N3O2/c22-12-4-1-3-11-21(25)23-13-8-16-26-20-10-7-9-19(17-20)18-24-14-5-2-6-15-24/h7,9-10,17H,1-6,8,11-16,18,22H2,(H,23,25). The summed E-state index contributed by atoms with van der Waals surface area (Å²) < 4.78 is 5.85. The number of carbonyl (C=O) groups is 1. The summed E-state index contributed by atoms with van der Waals surface area (Å²) in [4.78, 5) is 14.2. The number of likely N-dealkylation sites (tertiary alicyclic amines) is 1. The zero-order chi connectivity index (χ0) is 18.5. The highest BCUT2D eigenvalue weighted by Gasteiger charge is 2.10. The van der Waals surface area contributed by atoms with E-state index < -0.39 is 0 Å². The summed E-state index contributed by atoms with van der Waals surface area (Å²) >= 11 is 0. The number of hydrogen-bond donors (Lipinski definition) is 2. The van der Waals surface area contributed by atoms with Gasteiger partial charge in [0.1, 0.15) is 5.75 Å². The molecule has 1 aromatic carbocycles. The van der Waals surface area contributed by atoms with Crippen molar-refractivity contribution in [3.05, 3.63) is 29.8 Å². The van der Waals surface area contributed by atoms with Crippen LogP contribution in [-0.2, 0) is 11.3 Å². The number of ether oxygens (including phenoxy) is 1. The number of nitrogens with one attached hydrogen (secondary N) is 1. The lowest BCUT2D eigenvalue weighted by Crippen LogP contribution is -2.29. The van der Waals surface area contributed by atoms with Crippen molar-refractivity contribution in [3.8, 4) is 5.75 Å². The monoisotopic (exact) mass is 361 g/mol. The smallest absolute Gasteiger partial charge is 0.219 e. The van der Waals surface area contributed by atoms with Crippen molar-refractivity contribution in [1.29, 1.82) is 0 Å². The van der Waals surface area contributed by atoms with E-state index in [0.717, 1.165) is 38.0 Å². The maximum absolute atomic E-state index is 11.7. The molecule has 0 atom stereocenters. The number of amides is 1. The minimum Gasteiger partial charge on any atom is -0.494 e. The van der Waals surface area contributed by atoms with Crippen molar-refractivity contribution in [2.75, 3.05) is 32.8 Å². The van der Waals surface area contributed by atoms with E-state index in [1.165, 1.54) is 37.9 Å². The second-order valence-corrected chi connectivity index (χ2v) is 7.14. The number of unbranched alkanes of at least 4 members (excludes halogenated alkanes) is 2. The quantitative estimate of drug-likeness (QED) is 0.562. The van der Waals surface area contributed by atoms with E-state index in [1.807, 2.05) is 6.07 Å². The van der Waals surface area contributed by atoms with Crippen LogP contribution in [0.5, 0.6) is 5.75 Å². The Labute approximate surface area is 158 Å². The molecule has 1 heterocycles. The predicted octanol–water partition coefficient (Wildman–Crippen LogP) is 3.08. The minimum atomic E-state index is 0.130. The molecule has 0 unspecified atom stereocenters. The van der Waals surface area contributed by atoms with Gasteiger partial charge in [0.25, 0.3) is 0 Å². The Morgan fingerprint density at radius 2 is 1.96 bits per heavy atom. The average molecular weight is 362 g/mol. The number of piperidine rings is 1. The second kappa shape index (κ2) is 12.7. The minimum absolute atomic E-state index is 0.130. The van der Waals surface area contributed by atoms with Gasteiger partial charge in [-0.15, -0.1) is 0 Å². The Bertz CT molecular complexity index is 516. The van der Waals surface area contributed by atoms with Gasteiger partial charge in [0.2, 0.25) is 5.91 Å². The van der Waals surface area contributed by atoms with Gasteiger partial charge >= 0.3 is 0 Å². The van der Waals surface area contributed by atoms with Crippen LogP contribution in [0.3, 0.4) is 0 Å². The maximum atomic E-state index is 11.7. The van der Waals surface area contributed by atoms with Crippen molar-refractivity contribution in [3.63, 3.8) is 0 Å². The fourth-order valence-electron chi connectivity index (χ4n) is 3.29. The third-order valence-electron chi connectivity index (χ3n) is 4.77. The van der Waals surface area contributed by atoms with Crippen LogP contribution in [0.2, 0.25) is 0 Å². The lowest BCUT2D eigenvalue weighted by molar-refractivity contribution is -0.121. The lowest BCUT2D eigenvalue weighted by atomic mass is 10.1. The molecule has 1 aliphatic heterocycles. The fourth-order valence-corrected chi connectivity index (χ4v) is 3.29. The van der Waals surface area contributed by atoms with Gasteiger partial charge < -0.3 is 15.8 Å². The van der Waals surface area contributed by atoms with Crippen molar-refractivity contribution in [2.24, 2.45) is 5.73 Å². The number of rotatable bonds is 12. The molecule has 0 radical (unpaired) electrons. The molecule has 2 rings (SSSR count). The average Bonchev–Trinajstić information content (AvgIpc) is 2.66. The van der Waals surface area contributed by atoms with E-state index in [1.54, 1.807) is 0 Å². The van der Waals surface area contributed by atoms with Crippen LogP contribution in [0.15, 0.2) is 24.3 Å². The Hall–Kier alpha value is -1.59. The number of nitrogens with two attached hydrogens (primary N) is 1. The van der Waals surface area contributed by atoms with Crippen molar-refractivity contribution in [1.82, 2.24) is 10.2 Å². The molecule has 1 amide bonds. The van der Waals surface area contributed by atoms with E-state index in [-0.39, 0.29) is 5.91 Å². The molecule has 5 nitrogen and oxygen atoms in total. The predicted molar refractivity (Wildman–Crippen MR) is 106 cm³/mol. The SMILES string of the molecule is NCCCCCC(=O)NCCCOc1cccc(CN2CCCCC2)c1. The molecule has 5 heteroatoms. The first kappa shape index (κ1) is 20.7. The first-order valence-corrected chi connectivity index (χ1v) is 10.2. The summed E-state index contributed by atoms with van der Waals surface area (Å²) in [6, 6.07) is 8.39. The van der Waals surface area contributed by atoms with Crippen LogP contribution in [0, 0.1) is 0 Å². The zero-order valence-electron chi connectivity index (χ0n) is 16.0. The van der Waals surface area contributed by atoms with Gasteiger partial charge in [-0.2, -0.15) is 0 Å². The first-order valence-electron chi connectivity index (χ1n) is 10.2. The molecule has 1 aliphatic rings. The van der Waals surface area contributed by atoms with Crippen LogP contribution in [0.4, 0.5) is 0 Å². The fraction of sp³-hybridized carbons (Fsp3) is 0.667. The van der Waals surface area contributed by atoms with E-state index in [2.05, 4.69) is 28.4 Å². The van der Waals surface area contributed by atoms with Gasteiger partial charge in [0, 0.05) is 19.5 Å². The van der Waals surface area contributed by atoms with E-state index in [9.17, 15) is 4.79 Å². The highest BCUT2D eigenvalue weighted by Crippen LogP contribution is 2.17. The molecular formula is C21H35N3O2. The Morgan fingerprint density at radius 1 is 1.12 bits per heavy atom. The van der Waals surface area contributed by atoms with Crippen LogP contribution in [0.1, 0.15) is 56.9 Å². The van der Waals surface area contributed by atoms with Crippen molar-refractivity contribution >= 4 is 5.91 Å². The molecule has 0 aliphatic carbocycles. The van der Waals surface area contributed by atoms with Crippen LogP contribution >= 0.6 is 0 Å². The molecule has 0 aromatic heterocycles. The van der Waals surface area contributed by atoms with Crippen molar-refractivity contribution in [2.45, 2.75) is 57.9 Å². The van der Waals surface area contributed by atoms with Gasteiger partial charge in [-0.1, -0.05) is 25.0 Å². The van der Waals surface area contributed by atoms with E-state index >= 15 is 0 Å². The molecular weight excluding hydrogens is 326 g/mol.